The van der Waals surface area contributed by atoms with Crippen LogP contribution in [0.15, 0.2) is 76.6 Å². The number of aliphatic imine (C=N–C) groups is 1. The predicted molar refractivity (Wildman–Crippen MR) is 133 cm³/mol. The van der Waals surface area contributed by atoms with Gasteiger partial charge in [0, 0.05) is 31.4 Å². The van der Waals surface area contributed by atoms with E-state index in [1.165, 1.54) is 12.1 Å². The number of sulfonamides is 1. The van der Waals surface area contributed by atoms with Gasteiger partial charge in [0.05, 0.1) is 11.4 Å². The third kappa shape index (κ3) is 5.90. The summed E-state index contributed by atoms with van der Waals surface area (Å²) in [6.45, 7) is 0.767. The van der Waals surface area contributed by atoms with Crippen LogP contribution in [0, 0.1) is 0 Å². The van der Waals surface area contributed by atoms with Gasteiger partial charge in [0.15, 0.2) is 0 Å². The van der Waals surface area contributed by atoms with Gasteiger partial charge in [-0.1, -0.05) is 42.8 Å². The maximum Gasteiger partial charge on any atom is 0.262 e. The van der Waals surface area contributed by atoms with Gasteiger partial charge < -0.3 is 10.2 Å². The number of hydrogen-bond acceptors (Lipinski definition) is 5. The normalized spacial score (nSPS) is 14.3. The maximum absolute atomic E-state index is 12.8. The summed E-state index contributed by atoms with van der Waals surface area (Å²) in [5, 5.41) is 5.04. The molecule has 0 aromatic heterocycles. The van der Waals surface area contributed by atoms with Gasteiger partial charge in [-0.2, -0.15) is 0 Å². The lowest BCUT2D eigenvalue weighted by Crippen LogP contribution is -2.31. The fourth-order valence-electron chi connectivity index (χ4n) is 3.83. The second kappa shape index (κ2) is 10.0. The van der Waals surface area contributed by atoms with E-state index in [1.54, 1.807) is 12.1 Å². The Bertz CT molecular complexity index is 1290. The lowest BCUT2D eigenvalue weighted by Gasteiger charge is -2.19. The minimum absolute atomic E-state index is 0.0927. The Morgan fingerprint density at radius 2 is 1.79 bits per heavy atom. The summed E-state index contributed by atoms with van der Waals surface area (Å²) in [4.78, 5) is 18.9. The average Bonchev–Trinajstić information content (AvgIpc) is 3.07. The van der Waals surface area contributed by atoms with Crippen LogP contribution < -0.4 is 14.9 Å². The monoisotopic (exact) mass is 464 g/mol. The summed E-state index contributed by atoms with van der Waals surface area (Å²) in [6.07, 6.45) is 3.56. The summed E-state index contributed by atoms with van der Waals surface area (Å²) >= 11 is 0. The largest absolute Gasteiger partial charge is 0.365 e. The van der Waals surface area contributed by atoms with Crippen molar-refractivity contribution in [3.8, 4) is 0 Å². The second-order valence-electron chi connectivity index (χ2n) is 8.21. The molecule has 0 saturated carbocycles. The van der Waals surface area contributed by atoms with Crippen molar-refractivity contribution in [1.82, 2.24) is 4.72 Å². The number of amidine groups is 1. The molecule has 1 heterocycles. The van der Waals surface area contributed by atoms with Gasteiger partial charge in [0.1, 0.15) is 5.84 Å². The van der Waals surface area contributed by atoms with Gasteiger partial charge in [-0.3, -0.25) is 14.5 Å². The molecule has 2 N–H and O–H groups in total. The van der Waals surface area contributed by atoms with Crippen LogP contribution in [0.2, 0.25) is 0 Å². The second-order valence-corrected chi connectivity index (χ2v) is 9.89. The molecule has 1 aliphatic heterocycles. The Morgan fingerprint density at radius 3 is 2.64 bits per heavy atom. The first-order chi connectivity index (χ1) is 15.9. The van der Waals surface area contributed by atoms with Crippen molar-refractivity contribution in [2.24, 2.45) is 4.99 Å². The van der Waals surface area contributed by atoms with E-state index in [-0.39, 0.29) is 17.3 Å². The number of rotatable bonds is 6. The van der Waals surface area contributed by atoms with Crippen LogP contribution in [0.4, 0.5) is 11.4 Å². The zero-order valence-electron chi connectivity index (χ0n) is 18.6. The number of carbonyl (C=O) groups excluding carboxylic acids is 1. The van der Waals surface area contributed by atoms with Crippen LogP contribution in [0.1, 0.15) is 25.7 Å². The van der Waals surface area contributed by atoms with E-state index in [0.717, 1.165) is 35.7 Å². The highest BCUT2D eigenvalue weighted by molar-refractivity contribution is 7.90. The van der Waals surface area contributed by atoms with E-state index < -0.39 is 10.0 Å². The van der Waals surface area contributed by atoms with E-state index in [1.807, 2.05) is 54.4 Å². The van der Waals surface area contributed by atoms with Gasteiger partial charge in [-0.25, -0.2) is 8.42 Å². The summed E-state index contributed by atoms with van der Waals surface area (Å²) in [5.41, 5.74) is 1.35. The van der Waals surface area contributed by atoms with E-state index >= 15 is 0 Å². The van der Waals surface area contributed by atoms with E-state index in [4.69, 9.17) is 0 Å². The fraction of sp³-hybridized carbons (Fsp3) is 0.280. The van der Waals surface area contributed by atoms with Crippen LogP contribution >= 0.6 is 0 Å². The molecule has 0 unspecified atom stereocenters. The molecule has 0 saturated heterocycles. The van der Waals surface area contributed by atoms with Crippen molar-refractivity contribution >= 4 is 43.9 Å². The van der Waals surface area contributed by atoms with Gasteiger partial charge >= 0.3 is 0 Å². The lowest BCUT2D eigenvalue weighted by atomic mass is 10.1. The number of amides is 1. The number of hydrogen-bond donors (Lipinski definition) is 2. The number of nitrogens with zero attached hydrogens (tertiary/aromatic N) is 2. The van der Waals surface area contributed by atoms with E-state index in [0.29, 0.717) is 24.5 Å². The summed E-state index contributed by atoms with van der Waals surface area (Å²) in [6, 6.07) is 20.4. The Morgan fingerprint density at radius 1 is 0.970 bits per heavy atom. The van der Waals surface area contributed by atoms with Crippen molar-refractivity contribution in [2.75, 3.05) is 30.4 Å². The van der Waals surface area contributed by atoms with Crippen LogP contribution in [-0.4, -0.2) is 40.3 Å². The third-order valence-electron chi connectivity index (χ3n) is 5.61. The molecule has 1 aliphatic rings. The Hall–Kier alpha value is -3.39. The van der Waals surface area contributed by atoms with Crippen LogP contribution in [0.3, 0.4) is 0 Å². The molecule has 33 heavy (non-hydrogen) atoms. The van der Waals surface area contributed by atoms with Gasteiger partial charge in [0.2, 0.25) is 5.91 Å². The molecule has 3 aromatic carbocycles. The first kappa shape index (κ1) is 22.8. The Labute approximate surface area is 194 Å². The summed E-state index contributed by atoms with van der Waals surface area (Å²) in [7, 11) is -1.91. The van der Waals surface area contributed by atoms with Crippen molar-refractivity contribution in [1.29, 1.82) is 0 Å². The molecule has 1 amide bonds. The third-order valence-corrected chi connectivity index (χ3v) is 6.99. The predicted octanol–water partition coefficient (Wildman–Crippen LogP) is 4.17. The molecule has 8 heteroatoms. The number of anilines is 2. The number of nitrogens with one attached hydrogen (secondary N) is 2. The smallest absolute Gasteiger partial charge is 0.262 e. The summed E-state index contributed by atoms with van der Waals surface area (Å²) < 4.78 is 28.2. The highest BCUT2D eigenvalue weighted by atomic mass is 32.2. The first-order valence-corrected chi connectivity index (χ1v) is 12.5. The standard InChI is InChI=1S/C25H28N4O3S/c1-29(22-14-13-19-8-4-5-9-20(19)16-22)18-25(30)27-21-10-7-11-23(17-21)33(31,32)28-24-12-3-2-6-15-26-24/h4-5,7-11,13-14,16-17H,2-3,6,12,15,18H2,1H3,(H,26,28)(H,27,30). The molecule has 0 atom stereocenters. The van der Waals surface area contributed by atoms with Crippen molar-refractivity contribution in [3.05, 3.63) is 66.7 Å². The number of fused-ring (bicyclic) bond motifs is 1. The van der Waals surface area contributed by atoms with Crippen LogP contribution in [-0.2, 0) is 14.8 Å². The Kier molecular flexibility index (Phi) is 6.93. The maximum atomic E-state index is 12.8. The molecule has 172 valence electrons. The van der Waals surface area contributed by atoms with Gasteiger partial charge in [-0.15, -0.1) is 0 Å². The molecule has 7 nitrogen and oxygen atoms in total. The topological polar surface area (TPSA) is 90.9 Å². The molecule has 0 radical (unpaired) electrons. The fourth-order valence-corrected chi connectivity index (χ4v) is 4.97. The highest BCUT2D eigenvalue weighted by Gasteiger charge is 2.18. The zero-order chi connectivity index (χ0) is 23.3. The molecular weight excluding hydrogens is 436 g/mol. The minimum Gasteiger partial charge on any atom is -0.365 e. The van der Waals surface area contributed by atoms with Crippen molar-refractivity contribution < 1.29 is 13.2 Å². The van der Waals surface area contributed by atoms with E-state index in [9.17, 15) is 13.2 Å². The number of likely N-dealkylation sites (N-methyl/N-ethyl adjacent to an activating group) is 1. The van der Waals surface area contributed by atoms with Crippen molar-refractivity contribution in [2.45, 2.75) is 30.6 Å². The highest BCUT2D eigenvalue weighted by Crippen LogP contribution is 2.22. The Balaban J connectivity index is 1.41. The molecule has 0 spiro atoms. The van der Waals surface area contributed by atoms with Gasteiger partial charge in [0.25, 0.3) is 10.0 Å². The van der Waals surface area contributed by atoms with Crippen LogP contribution in [0.5, 0.6) is 0 Å². The molecule has 3 aromatic rings. The molecule has 0 bridgehead atoms. The quantitative estimate of drug-likeness (QED) is 0.573. The molecule has 4 rings (SSSR count). The molecule has 0 aliphatic carbocycles. The van der Waals surface area contributed by atoms with Crippen LogP contribution in [0.25, 0.3) is 10.8 Å². The van der Waals surface area contributed by atoms with E-state index in [2.05, 4.69) is 15.0 Å². The average molecular weight is 465 g/mol. The lowest BCUT2D eigenvalue weighted by molar-refractivity contribution is -0.114. The number of benzene rings is 3. The molecule has 0 fully saturated rings. The summed E-state index contributed by atoms with van der Waals surface area (Å²) in [5.74, 6) is 0.264. The van der Waals surface area contributed by atoms with Crippen molar-refractivity contribution in [3.63, 3.8) is 0 Å². The SMILES string of the molecule is CN(CC(=O)Nc1cccc(S(=O)(=O)NC2=NCCCCC2)c1)c1ccc2ccccc2c1. The molecular formula is C25H28N4O3S. The van der Waals surface area contributed by atoms with Gasteiger partial charge in [-0.05, 0) is 53.9 Å². The first-order valence-electron chi connectivity index (χ1n) is 11.1. The number of carbonyl (C=O) groups is 1. The minimum atomic E-state index is -3.76. The zero-order valence-corrected chi connectivity index (χ0v) is 19.4.